The molecule has 0 spiro atoms. The molecular weight excluding hydrogens is 516 g/mol. The number of aromatic nitrogens is 3. The quantitative estimate of drug-likeness (QED) is 0.440. The Labute approximate surface area is 222 Å². The highest BCUT2D eigenvalue weighted by atomic mass is 35.5. The van der Waals surface area contributed by atoms with Gasteiger partial charge in [-0.25, -0.2) is 9.97 Å². The van der Waals surface area contributed by atoms with Crippen LogP contribution in [0.1, 0.15) is 53.1 Å². The van der Waals surface area contributed by atoms with E-state index in [0.717, 1.165) is 29.3 Å². The predicted octanol–water partition coefficient (Wildman–Crippen LogP) is 4.12. The van der Waals surface area contributed by atoms with Gasteiger partial charge in [0, 0.05) is 53.7 Å². The molecule has 190 valence electrons. The maximum Gasteiger partial charge on any atom is 0.320 e. The van der Waals surface area contributed by atoms with Crippen molar-refractivity contribution in [3.05, 3.63) is 62.7 Å². The monoisotopic (exact) mass is 538 g/mol. The number of rotatable bonds is 7. The first-order valence-electron chi connectivity index (χ1n) is 11.7. The molecule has 3 aromatic rings. The van der Waals surface area contributed by atoms with Crippen LogP contribution in [0.5, 0.6) is 11.9 Å². The molecule has 2 aliphatic rings. The minimum atomic E-state index is -0.414. The molecule has 1 saturated heterocycles. The summed E-state index contributed by atoms with van der Waals surface area (Å²) < 4.78 is 10.5. The van der Waals surface area contributed by atoms with Crippen LogP contribution in [0.3, 0.4) is 0 Å². The number of nitriles is 1. The van der Waals surface area contributed by atoms with E-state index in [1.807, 2.05) is 5.38 Å². The van der Waals surface area contributed by atoms with Crippen LogP contribution in [0, 0.1) is 11.3 Å². The lowest BCUT2D eigenvalue weighted by molar-refractivity contribution is -0.134. The van der Waals surface area contributed by atoms with Gasteiger partial charge in [-0.15, -0.1) is 11.3 Å². The molecule has 5 rings (SSSR count). The lowest BCUT2D eigenvalue weighted by Gasteiger charge is -2.31. The minimum Gasteiger partial charge on any atom is -0.481 e. The highest BCUT2D eigenvalue weighted by molar-refractivity contribution is 7.10. The van der Waals surface area contributed by atoms with Gasteiger partial charge in [0.2, 0.25) is 5.88 Å². The third-order valence-electron chi connectivity index (χ3n) is 6.32. The second-order valence-corrected chi connectivity index (χ2v) is 9.84. The molecule has 0 N–H and O–H groups in total. The highest BCUT2D eigenvalue weighted by Gasteiger charge is 2.31. The molecule has 1 atom stereocenters. The van der Waals surface area contributed by atoms with Gasteiger partial charge in [-0.3, -0.25) is 4.79 Å². The smallest absolute Gasteiger partial charge is 0.320 e. The van der Waals surface area contributed by atoms with Gasteiger partial charge in [-0.1, -0.05) is 22.8 Å². The first-order chi connectivity index (χ1) is 18.1. The number of hydrogen-bond donors (Lipinski definition) is 0. The minimum absolute atomic E-state index is 0.107. The van der Waals surface area contributed by atoms with Crippen molar-refractivity contribution < 1.29 is 19.1 Å². The standard InChI is InChI=1S/C25H23ClN6O4S/c1-34-21-5-8-28-25(30-21)35-13-22(33)32-9-6-15(7-10-32)24-29-19(14-37-24)18-11-20(36-31-18)23-16(12-27)3-2-4-17(23)26/h2-5,8,14-15,20H,6-7,9-11,13H2,1H3. The predicted molar refractivity (Wildman–Crippen MR) is 136 cm³/mol. The number of nitrogens with zero attached hydrogens (tertiary/aromatic N) is 6. The molecular formula is C25H23ClN6O4S. The SMILES string of the molecule is COc1ccnc(OCC(=O)N2CCC(c3nc(C4=NOC(c5c(Cl)cccc5C#N)C4)cs3)CC2)n1. The number of ether oxygens (including phenoxy) is 2. The topological polar surface area (TPSA) is 123 Å². The molecule has 1 fully saturated rings. The van der Waals surface area contributed by atoms with Gasteiger partial charge in [-0.05, 0) is 25.0 Å². The summed E-state index contributed by atoms with van der Waals surface area (Å²) in [4.78, 5) is 32.9. The number of thiazole rings is 1. The van der Waals surface area contributed by atoms with E-state index in [1.165, 1.54) is 13.3 Å². The number of methoxy groups -OCH3 is 1. The summed E-state index contributed by atoms with van der Waals surface area (Å²) in [5.41, 5.74) is 2.65. The summed E-state index contributed by atoms with van der Waals surface area (Å²) in [6, 6.07) is 9.10. The van der Waals surface area contributed by atoms with Gasteiger partial charge in [0.15, 0.2) is 12.7 Å². The number of carbonyl (C=O) groups excluding carboxylic acids is 1. The number of oxime groups is 1. The van der Waals surface area contributed by atoms with E-state index in [-0.39, 0.29) is 24.4 Å². The first-order valence-corrected chi connectivity index (χ1v) is 13.0. The summed E-state index contributed by atoms with van der Waals surface area (Å²) in [7, 11) is 1.50. The Kier molecular flexibility index (Phi) is 7.48. The fraction of sp³-hybridized carbons (Fsp3) is 0.360. The fourth-order valence-electron chi connectivity index (χ4n) is 4.35. The Balaban J connectivity index is 1.14. The number of halogens is 1. The van der Waals surface area contributed by atoms with Crippen LogP contribution in [0.4, 0.5) is 0 Å². The summed E-state index contributed by atoms with van der Waals surface area (Å²) in [6.07, 6.45) is 3.22. The number of benzene rings is 1. The Morgan fingerprint density at radius 2 is 2.14 bits per heavy atom. The van der Waals surface area contributed by atoms with Gasteiger partial charge in [0.05, 0.1) is 29.4 Å². The van der Waals surface area contributed by atoms with Crippen LogP contribution in [0.25, 0.3) is 0 Å². The number of piperidine rings is 1. The summed E-state index contributed by atoms with van der Waals surface area (Å²) >= 11 is 7.93. The molecule has 2 aromatic heterocycles. The van der Waals surface area contributed by atoms with Gasteiger partial charge < -0.3 is 19.2 Å². The van der Waals surface area contributed by atoms with Crippen LogP contribution in [-0.2, 0) is 9.63 Å². The average molecular weight is 539 g/mol. The van der Waals surface area contributed by atoms with E-state index in [2.05, 4.69) is 21.2 Å². The van der Waals surface area contributed by atoms with Gasteiger partial charge in [-0.2, -0.15) is 10.2 Å². The van der Waals surface area contributed by atoms with Crippen molar-refractivity contribution in [1.82, 2.24) is 19.9 Å². The normalized spacial score (nSPS) is 17.6. The number of carbonyl (C=O) groups is 1. The maximum atomic E-state index is 12.6. The molecule has 12 heteroatoms. The van der Waals surface area contributed by atoms with E-state index in [0.29, 0.717) is 41.5 Å². The second kappa shape index (κ2) is 11.1. The maximum absolute atomic E-state index is 12.6. The van der Waals surface area contributed by atoms with Crippen LogP contribution >= 0.6 is 22.9 Å². The molecule has 37 heavy (non-hydrogen) atoms. The molecule has 10 nitrogen and oxygen atoms in total. The summed E-state index contributed by atoms with van der Waals surface area (Å²) in [6.45, 7) is 1.12. The Morgan fingerprint density at radius 1 is 1.30 bits per heavy atom. The molecule has 0 bridgehead atoms. The lowest BCUT2D eigenvalue weighted by Crippen LogP contribution is -2.40. The van der Waals surface area contributed by atoms with E-state index in [9.17, 15) is 10.1 Å². The molecule has 4 heterocycles. The van der Waals surface area contributed by atoms with Crippen LogP contribution < -0.4 is 9.47 Å². The molecule has 1 unspecified atom stereocenters. The highest BCUT2D eigenvalue weighted by Crippen LogP contribution is 2.37. The van der Waals surface area contributed by atoms with Crippen molar-refractivity contribution in [1.29, 1.82) is 5.26 Å². The van der Waals surface area contributed by atoms with Crippen molar-refractivity contribution >= 4 is 34.6 Å². The first kappa shape index (κ1) is 24.9. The number of amides is 1. The van der Waals surface area contributed by atoms with Crippen molar-refractivity contribution in [3.8, 4) is 18.0 Å². The van der Waals surface area contributed by atoms with Gasteiger partial charge in [0.1, 0.15) is 5.71 Å². The number of likely N-dealkylation sites (tertiary alicyclic amines) is 1. The molecule has 1 aromatic carbocycles. The second-order valence-electron chi connectivity index (χ2n) is 8.55. The van der Waals surface area contributed by atoms with Crippen molar-refractivity contribution in [3.63, 3.8) is 0 Å². The van der Waals surface area contributed by atoms with Crippen LogP contribution in [0.15, 0.2) is 41.0 Å². The zero-order valence-electron chi connectivity index (χ0n) is 20.0. The van der Waals surface area contributed by atoms with Crippen LogP contribution in [-0.4, -0.2) is 58.3 Å². The van der Waals surface area contributed by atoms with Crippen LogP contribution in [0.2, 0.25) is 5.02 Å². The average Bonchev–Trinajstić information content (AvgIpc) is 3.62. The summed E-state index contributed by atoms with van der Waals surface area (Å²) in [5, 5.41) is 17.2. The zero-order valence-corrected chi connectivity index (χ0v) is 21.5. The van der Waals surface area contributed by atoms with Crippen molar-refractivity contribution in [2.45, 2.75) is 31.3 Å². The third-order valence-corrected chi connectivity index (χ3v) is 7.66. The molecule has 0 aliphatic carbocycles. The third kappa shape index (κ3) is 5.50. The van der Waals surface area contributed by atoms with Gasteiger partial charge >= 0.3 is 6.01 Å². The Hall–Kier alpha value is -3.75. The molecule has 2 aliphatic heterocycles. The van der Waals surface area contributed by atoms with Crippen molar-refractivity contribution in [2.75, 3.05) is 26.8 Å². The number of hydrogen-bond acceptors (Lipinski definition) is 10. The largest absolute Gasteiger partial charge is 0.481 e. The van der Waals surface area contributed by atoms with Crippen molar-refractivity contribution in [2.24, 2.45) is 5.16 Å². The van der Waals surface area contributed by atoms with Gasteiger partial charge in [0.25, 0.3) is 5.91 Å². The van der Waals surface area contributed by atoms with E-state index in [4.69, 9.17) is 30.9 Å². The Bertz CT molecular complexity index is 1370. The molecule has 0 radical (unpaired) electrons. The lowest BCUT2D eigenvalue weighted by atomic mass is 9.97. The fourth-order valence-corrected chi connectivity index (χ4v) is 5.65. The molecule has 0 saturated carbocycles. The molecule has 1 amide bonds. The summed E-state index contributed by atoms with van der Waals surface area (Å²) in [5.74, 6) is 0.532. The van der Waals surface area contributed by atoms with E-state index >= 15 is 0 Å². The zero-order chi connectivity index (χ0) is 25.8. The van der Waals surface area contributed by atoms with E-state index in [1.54, 1.807) is 40.5 Å². The van der Waals surface area contributed by atoms with E-state index < -0.39 is 6.10 Å². The Morgan fingerprint density at radius 3 is 2.92 bits per heavy atom.